The third kappa shape index (κ3) is 1.69. The van der Waals surface area contributed by atoms with Crippen LogP contribution in [0.5, 0.6) is 0 Å². The second-order valence-corrected chi connectivity index (χ2v) is 4.40. The fourth-order valence-electron chi connectivity index (χ4n) is 2.27. The molecule has 0 fully saturated rings. The number of aromatic nitrogens is 2. The van der Waals surface area contributed by atoms with Crippen molar-refractivity contribution in [1.29, 1.82) is 0 Å². The molecule has 2 N–H and O–H groups in total. The van der Waals surface area contributed by atoms with E-state index < -0.39 is 0 Å². The minimum Gasteiger partial charge on any atom is -0.326 e. The van der Waals surface area contributed by atoms with Gasteiger partial charge in [-0.25, -0.2) is 4.68 Å². The number of aryl methyl sites for hydroxylation is 1. The highest BCUT2D eigenvalue weighted by atomic mass is 15.3. The zero-order valence-corrected chi connectivity index (χ0v) is 10.3. The molecule has 0 bridgehead atoms. The summed E-state index contributed by atoms with van der Waals surface area (Å²) in [7, 11) is 0. The lowest BCUT2D eigenvalue weighted by Gasteiger charge is -2.10. The van der Waals surface area contributed by atoms with E-state index >= 15 is 0 Å². The second-order valence-electron chi connectivity index (χ2n) is 4.40. The fraction of sp³-hybridized carbons (Fsp3) is 0.133. The average Bonchev–Trinajstić information content (AvgIpc) is 2.84. The summed E-state index contributed by atoms with van der Waals surface area (Å²) >= 11 is 0. The number of nitrogens with two attached hydrogens (primary N) is 1. The molecule has 0 aliphatic rings. The molecule has 2 aromatic carbocycles. The molecule has 18 heavy (non-hydrogen) atoms. The van der Waals surface area contributed by atoms with Crippen molar-refractivity contribution >= 4 is 10.8 Å². The highest BCUT2D eigenvalue weighted by Crippen LogP contribution is 2.25. The minimum atomic E-state index is 0.554. The predicted molar refractivity (Wildman–Crippen MR) is 73.7 cm³/mol. The number of benzene rings is 2. The molecule has 0 aliphatic heterocycles. The van der Waals surface area contributed by atoms with E-state index in [4.69, 9.17) is 5.73 Å². The van der Waals surface area contributed by atoms with E-state index in [1.54, 1.807) is 0 Å². The van der Waals surface area contributed by atoms with Gasteiger partial charge in [-0.05, 0) is 30.0 Å². The van der Waals surface area contributed by atoms with Gasteiger partial charge in [0.05, 0.1) is 11.4 Å². The first kappa shape index (κ1) is 11.0. The Kier molecular flexibility index (Phi) is 2.61. The van der Waals surface area contributed by atoms with Crippen LogP contribution < -0.4 is 5.73 Å². The highest BCUT2D eigenvalue weighted by molar-refractivity contribution is 5.92. The zero-order chi connectivity index (χ0) is 12.5. The van der Waals surface area contributed by atoms with Crippen molar-refractivity contribution in [2.75, 3.05) is 0 Å². The summed E-state index contributed by atoms with van der Waals surface area (Å²) in [4.78, 5) is 0. The summed E-state index contributed by atoms with van der Waals surface area (Å²) in [6, 6.07) is 14.5. The molecular formula is C15H15N3. The van der Waals surface area contributed by atoms with Crippen LogP contribution in [0.2, 0.25) is 0 Å². The van der Waals surface area contributed by atoms with Crippen LogP contribution in [0.1, 0.15) is 11.3 Å². The lowest BCUT2D eigenvalue weighted by Crippen LogP contribution is -2.01. The smallest absolute Gasteiger partial charge is 0.0724 e. The van der Waals surface area contributed by atoms with Gasteiger partial charge in [0.2, 0.25) is 0 Å². The topological polar surface area (TPSA) is 43.8 Å². The standard InChI is InChI=1S/C15H15N3/c1-11-8-9-18(17-11)15-7-6-12(10-16)13-4-2-3-5-14(13)15/h2-9H,10,16H2,1H3. The lowest BCUT2D eigenvalue weighted by molar-refractivity contribution is 0.868. The molecule has 0 unspecified atom stereocenters. The maximum absolute atomic E-state index is 5.79. The van der Waals surface area contributed by atoms with Gasteiger partial charge in [-0.3, -0.25) is 0 Å². The van der Waals surface area contributed by atoms with Crippen molar-refractivity contribution in [2.45, 2.75) is 13.5 Å². The van der Waals surface area contributed by atoms with Gasteiger partial charge in [0.25, 0.3) is 0 Å². The third-order valence-corrected chi connectivity index (χ3v) is 3.18. The molecule has 0 saturated heterocycles. The highest BCUT2D eigenvalue weighted by Gasteiger charge is 2.06. The molecule has 1 heterocycles. The fourth-order valence-corrected chi connectivity index (χ4v) is 2.27. The van der Waals surface area contributed by atoms with E-state index in [1.807, 2.05) is 36.0 Å². The third-order valence-electron chi connectivity index (χ3n) is 3.18. The van der Waals surface area contributed by atoms with Gasteiger partial charge in [0, 0.05) is 18.1 Å². The molecule has 3 aromatic rings. The Morgan fingerprint density at radius 3 is 2.50 bits per heavy atom. The molecule has 3 nitrogen and oxygen atoms in total. The normalized spacial score (nSPS) is 11.0. The molecular weight excluding hydrogens is 222 g/mol. The van der Waals surface area contributed by atoms with E-state index in [1.165, 1.54) is 16.3 Å². The Morgan fingerprint density at radius 2 is 1.83 bits per heavy atom. The van der Waals surface area contributed by atoms with Crippen LogP contribution in [-0.4, -0.2) is 9.78 Å². The Labute approximate surface area is 106 Å². The van der Waals surface area contributed by atoms with Gasteiger partial charge in [0.15, 0.2) is 0 Å². The monoisotopic (exact) mass is 237 g/mol. The molecule has 1 aromatic heterocycles. The maximum atomic E-state index is 5.79. The zero-order valence-electron chi connectivity index (χ0n) is 10.3. The first-order valence-electron chi connectivity index (χ1n) is 6.03. The van der Waals surface area contributed by atoms with Crippen molar-refractivity contribution in [3.63, 3.8) is 0 Å². The predicted octanol–water partition coefficient (Wildman–Crippen LogP) is 2.79. The number of hydrogen-bond acceptors (Lipinski definition) is 2. The summed E-state index contributed by atoms with van der Waals surface area (Å²) in [5.41, 5.74) is 9.06. The van der Waals surface area contributed by atoms with Crippen LogP contribution in [0, 0.1) is 6.92 Å². The Hall–Kier alpha value is -2.13. The number of nitrogens with zero attached hydrogens (tertiary/aromatic N) is 2. The molecule has 90 valence electrons. The molecule has 0 aliphatic carbocycles. The van der Waals surface area contributed by atoms with Crippen molar-refractivity contribution in [3.05, 3.63) is 59.9 Å². The van der Waals surface area contributed by atoms with E-state index in [0.717, 1.165) is 11.4 Å². The van der Waals surface area contributed by atoms with E-state index in [9.17, 15) is 0 Å². The average molecular weight is 237 g/mol. The number of hydrogen-bond donors (Lipinski definition) is 1. The molecule has 3 rings (SSSR count). The van der Waals surface area contributed by atoms with Crippen LogP contribution in [0.4, 0.5) is 0 Å². The summed E-state index contributed by atoms with van der Waals surface area (Å²) in [5, 5.41) is 6.86. The van der Waals surface area contributed by atoms with Gasteiger partial charge >= 0.3 is 0 Å². The van der Waals surface area contributed by atoms with Gasteiger partial charge in [0.1, 0.15) is 0 Å². The molecule has 0 radical (unpaired) electrons. The Balaban J connectivity index is 2.31. The number of fused-ring (bicyclic) bond motifs is 1. The van der Waals surface area contributed by atoms with Gasteiger partial charge in [-0.2, -0.15) is 5.10 Å². The van der Waals surface area contributed by atoms with Crippen molar-refractivity contribution in [1.82, 2.24) is 9.78 Å². The second kappa shape index (κ2) is 4.27. The van der Waals surface area contributed by atoms with Crippen LogP contribution in [0.3, 0.4) is 0 Å². The van der Waals surface area contributed by atoms with Gasteiger partial charge in [-0.1, -0.05) is 30.3 Å². The first-order valence-corrected chi connectivity index (χ1v) is 6.03. The van der Waals surface area contributed by atoms with Gasteiger partial charge in [-0.15, -0.1) is 0 Å². The quantitative estimate of drug-likeness (QED) is 0.744. The summed E-state index contributed by atoms with van der Waals surface area (Å²) in [6.45, 7) is 2.55. The summed E-state index contributed by atoms with van der Waals surface area (Å²) in [6.07, 6.45) is 1.99. The number of rotatable bonds is 2. The minimum absolute atomic E-state index is 0.554. The van der Waals surface area contributed by atoms with E-state index in [2.05, 4.69) is 29.4 Å². The van der Waals surface area contributed by atoms with Crippen molar-refractivity contribution in [3.8, 4) is 5.69 Å². The summed E-state index contributed by atoms with van der Waals surface area (Å²) < 4.78 is 1.91. The van der Waals surface area contributed by atoms with Crippen LogP contribution in [0.25, 0.3) is 16.5 Å². The molecule has 3 heteroatoms. The molecule has 0 amide bonds. The molecule has 0 saturated carbocycles. The van der Waals surface area contributed by atoms with Crippen molar-refractivity contribution in [2.24, 2.45) is 5.73 Å². The first-order chi connectivity index (χ1) is 8.79. The van der Waals surface area contributed by atoms with Crippen molar-refractivity contribution < 1.29 is 0 Å². The van der Waals surface area contributed by atoms with Crippen LogP contribution in [0.15, 0.2) is 48.7 Å². The van der Waals surface area contributed by atoms with Gasteiger partial charge < -0.3 is 5.73 Å². The Morgan fingerprint density at radius 1 is 1.06 bits per heavy atom. The van der Waals surface area contributed by atoms with E-state index in [-0.39, 0.29) is 0 Å². The Bertz CT molecular complexity index is 698. The molecule has 0 atom stereocenters. The largest absolute Gasteiger partial charge is 0.326 e. The molecule has 0 spiro atoms. The lowest BCUT2D eigenvalue weighted by atomic mass is 10.0. The van der Waals surface area contributed by atoms with Crippen LogP contribution in [-0.2, 0) is 6.54 Å². The van der Waals surface area contributed by atoms with Crippen LogP contribution >= 0.6 is 0 Å². The summed E-state index contributed by atoms with van der Waals surface area (Å²) in [5.74, 6) is 0. The van der Waals surface area contributed by atoms with E-state index in [0.29, 0.717) is 6.54 Å². The maximum Gasteiger partial charge on any atom is 0.0724 e. The SMILES string of the molecule is Cc1ccn(-c2ccc(CN)c3ccccc23)n1.